The van der Waals surface area contributed by atoms with Crippen molar-refractivity contribution >= 4 is 11.6 Å². The number of hydrogen-bond acceptors (Lipinski definition) is 4. The predicted octanol–water partition coefficient (Wildman–Crippen LogP) is 2.58. The van der Waals surface area contributed by atoms with E-state index in [0.29, 0.717) is 11.4 Å². The van der Waals surface area contributed by atoms with E-state index < -0.39 is 0 Å². The summed E-state index contributed by atoms with van der Waals surface area (Å²) >= 11 is 5.94. The zero-order valence-corrected chi connectivity index (χ0v) is 12.0. The van der Waals surface area contributed by atoms with E-state index in [-0.39, 0.29) is 12.1 Å². The summed E-state index contributed by atoms with van der Waals surface area (Å²) in [4.78, 5) is 4.30. The van der Waals surface area contributed by atoms with E-state index in [0.717, 1.165) is 11.4 Å². The molecule has 0 fully saturated rings. The van der Waals surface area contributed by atoms with E-state index >= 15 is 0 Å². The lowest BCUT2D eigenvalue weighted by atomic mass is 10.1. The molecule has 20 heavy (non-hydrogen) atoms. The molecule has 1 aromatic carbocycles. The fourth-order valence-electron chi connectivity index (χ4n) is 1.94. The third kappa shape index (κ3) is 4.20. The van der Waals surface area contributed by atoms with Crippen LogP contribution in [-0.4, -0.2) is 17.1 Å². The van der Waals surface area contributed by atoms with E-state index in [1.165, 1.54) is 0 Å². The fourth-order valence-corrected chi connectivity index (χ4v) is 2.12. The first-order valence-corrected chi connectivity index (χ1v) is 6.85. The zero-order chi connectivity index (χ0) is 14.4. The molecule has 2 atom stereocenters. The van der Waals surface area contributed by atoms with Crippen LogP contribution in [0.15, 0.2) is 48.7 Å². The van der Waals surface area contributed by atoms with Gasteiger partial charge in [-0.1, -0.05) is 23.7 Å². The third-order valence-corrected chi connectivity index (χ3v) is 3.29. The molecule has 0 saturated heterocycles. The molecule has 1 heterocycles. The monoisotopic (exact) mass is 291 g/mol. The number of nitrogens with one attached hydrogen (secondary N) is 1. The van der Waals surface area contributed by atoms with Gasteiger partial charge in [0.2, 0.25) is 0 Å². The van der Waals surface area contributed by atoms with Crippen LogP contribution in [0, 0.1) is 0 Å². The molecule has 0 radical (unpaired) electrons. The number of halogens is 1. The maximum Gasteiger partial charge on any atom is 0.121 e. The molecule has 2 aromatic rings. The Morgan fingerprint density at radius 2 is 2.15 bits per heavy atom. The standard InChI is InChI=1S/C15H18ClN3O/c1-11(20-14-7-4-5-12(16)9-14)15(19-17)10-13-6-2-3-8-18-13/h2-9,11,15,19H,10,17H2,1H3. The molecule has 0 bridgehead atoms. The Morgan fingerprint density at radius 1 is 1.30 bits per heavy atom. The summed E-state index contributed by atoms with van der Waals surface area (Å²) in [5, 5.41) is 0.650. The van der Waals surface area contributed by atoms with Gasteiger partial charge in [0.05, 0.1) is 6.04 Å². The molecule has 0 aliphatic heterocycles. The van der Waals surface area contributed by atoms with Crippen molar-refractivity contribution in [1.82, 2.24) is 10.4 Å². The lowest BCUT2D eigenvalue weighted by molar-refractivity contribution is 0.169. The number of pyridine rings is 1. The highest BCUT2D eigenvalue weighted by Crippen LogP contribution is 2.19. The summed E-state index contributed by atoms with van der Waals surface area (Å²) < 4.78 is 5.87. The van der Waals surface area contributed by atoms with Gasteiger partial charge in [0.1, 0.15) is 11.9 Å². The molecule has 2 unspecified atom stereocenters. The van der Waals surface area contributed by atoms with Crippen molar-refractivity contribution in [3.05, 3.63) is 59.4 Å². The molecule has 3 N–H and O–H groups in total. The normalized spacial score (nSPS) is 13.8. The van der Waals surface area contributed by atoms with Gasteiger partial charge in [0.25, 0.3) is 0 Å². The van der Waals surface area contributed by atoms with Crippen LogP contribution in [0.1, 0.15) is 12.6 Å². The van der Waals surface area contributed by atoms with Gasteiger partial charge < -0.3 is 4.74 Å². The highest BCUT2D eigenvalue weighted by atomic mass is 35.5. The molecule has 106 valence electrons. The molecule has 0 amide bonds. The number of nitrogens with two attached hydrogens (primary N) is 1. The van der Waals surface area contributed by atoms with Gasteiger partial charge in [0.15, 0.2) is 0 Å². The maximum atomic E-state index is 5.94. The minimum absolute atomic E-state index is 0.0381. The summed E-state index contributed by atoms with van der Waals surface area (Å²) in [5.41, 5.74) is 3.76. The molecule has 5 heteroatoms. The Labute approximate surface area is 123 Å². The number of benzene rings is 1. The van der Waals surface area contributed by atoms with Crippen molar-refractivity contribution in [3.8, 4) is 5.75 Å². The van der Waals surface area contributed by atoms with Gasteiger partial charge in [0, 0.05) is 23.3 Å². The minimum atomic E-state index is -0.111. The number of ether oxygens (including phenoxy) is 1. The maximum absolute atomic E-state index is 5.94. The first-order chi connectivity index (χ1) is 9.69. The number of nitrogens with zero attached hydrogens (tertiary/aromatic N) is 1. The summed E-state index contributed by atoms with van der Waals surface area (Å²) in [5.74, 6) is 6.35. The van der Waals surface area contributed by atoms with Crippen LogP contribution in [0.4, 0.5) is 0 Å². The molecular formula is C15H18ClN3O. The molecule has 2 rings (SSSR count). The van der Waals surface area contributed by atoms with Crippen LogP contribution >= 0.6 is 11.6 Å². The van der Waals surface area contributed by atoms with E-state index in [9.17, 15) is 0 Å². The van der Waals surface area contributed by atoms with Gasteiger partial charge in [-0.25, -0.2) is 0 Å². The SMILES string of the molecule is CC(Oc1cccc(Cl)c1)C(Cc1ccccn1)NN. The van der Waals surface area contributed by atoms with Crippen molar-refractivity contribution in [2.24, 2.45) is 5.84 Å². The molecule has 0 spiro atoms. The predicted molar refractivity (Wildman–Crippen MR) is 80.6 cm³/mol. The number of aromatic nitrogens is 1. The van der Waals surface area contributed by atoms with Crippen LogP contribution in [0.5, 0.6) is 5.75 Å². The van der Waals surface area contributed by atoms with Crippen molar-refractivity contribution in [2.45, 2.75) is 25.5 Å². The Hall–Kier alpha value is -1.62. The molecule has 0 aliphatic rings. The van der Waals surface area contributed by atoms with Crippen LogP contribution < -0.4 is 16.0 Å². The molecule has 1 aromatic heterocycles. The zero-order valence-electron chi connectivity index (χ0n) is 11.3. The Morgan fingerprint density at radius 3 is 2.80 bits per heavy atom. The Kier molecular flexibility index (Phi) is 5.35. The Balaban J connectivity index is 2.00. The van der Waals surface area contributed by atoms with Gasteiger partial charge >= 0.3 is 0 Å². The van der Waals surface area contributed by atoms with Crippen molar-refractivity contribution in [1.29, 1.82) is 0 Å². The van der Waals surface area contributed by atoms with Gasteiger partial charge in [-0.3, -0.25) is 16.3 Å². The van der Waals surface area contributed by atoms with E-state index in [4.69, 9.17) is 22.2 Å². The largest absolute Gasteiger partial charge is 0.489 e. The molecular weight excluding hydrogens is 274 g/mol. The average molecular weight is 292 g/mol. The molecule has 0 aliphatic carbocycles. The van der Waals surface area contributed by atoms with E-state index in [2.05, 4.69) is 10.4 Å². The van der Waals surface area contributed by atoms with Gasteiger partial charge in [-0.05, 0) is 37.3 Å². The van der Waals surface area contributed by atoms with Gasteiger partial charge in [-0.2, -0.15) is 0 Å². The van der Waals surface area contributed by atoms with Crippen LogP contribution in [0.25, 0.3) is 0 Å². The van der Waals surface area contributed by atoms with Crippen LogP contribution in [-0.2, 0) is 6.42 Å². The quantitative estimate of drug-likeness (QED) is 0.634. The number of hydrogen-bond donors (Lipinski definition) is 2. The second-order valence-corrected chi connectivity index (χ2v) is 5.02. The number of rotatable bonds is 6. The fraction of sp³-hybridized carbons (Fsp3) is 0.267. The second-order valence-electron chi connectivity index (χ2n) is 4.58. The first kappa shape index (κ1) is 14.8. The summed E-state index contributed by atoms with van der Waals surface area (Å²) in [6.45, 7) is 1.97. The average Bonchev–Trinajstić information content (AvgIpc) is 2.45. The van der Waals surface area contributed by atoms with E-state index in [1.54, 1.807) is 12.3 Å². The van der Waals surface area contributed by atoms with Gasteiger partial charge in [-0.15, -0.1) is 0 Å². The van der Waals surface area contributed by atoms with Crippen molar-refractivity contribution in [2.75, 3.05) is 0 Å². The van der Waals surface area contributed by atoms with Crippen molar-refractivity contribution in [3.63, 3.8) is 0 Å². The summed E-state index contributed by atoms with van der Waals surface area (Å²) in [6.07, 6.45) is 2.35. The summed E-state index contributed by atoms with van der Waals surface area (Å²) in [6, 6.07) is 13.1. The summed E-state index contributed by atoms with van der Waals surface area (Å²) in [7, 11) is 0. The van der Waals surface area contributed by atoms with Crippen LogP contribution in [0.3, 0.4) is 0 Å². The van der Waals surface area contributed by atoms with Crippen molar-refractivity contribution < 1.29 is 4.74 Å². The minimum Gasteiger partial charge on any atom is -0.489 e. The first-order valence-electron chi connectivity index (χ1n) is 6.47. The lowest BCUT2D eigenvalue weighted by Gasteiger charge is -2.24. The smallest absolute Gasteiger partial charge is 0.121 e. The van der Waals surface area contributed by atoms with E-state index in [1.807, 2.05) is 43.3 Å². The number of hydrazine groups is 1. The Bertz CT molecular complexity index is 536. The van der Waals surface area contributed by atoms with Crippen LogP contribution in [0.2, 0.25) is 5.02 Å². The topological polar surface area (TPSA) is 60.2 Å². The lowest BCUT2D eigenvalue weighted by Crippen LogP contribution is -2.46. The highest BCUT2D eigenvalue weighted by molar-refractivity contribution is 6.30. The second kappa shape index (κ2) is 7.24. The molecule has 0 saturated carbocycles. The highest BCUT2D eigenvalue weighted by Gasteiger charge is 2.18. The molecule has 4 nitrogen and oxygen atoms in total. The third-order valence-electron chi connectivity index (χ3n) is 3.05.